The molecule has 0 saturated carbocycles. The first-order valence-corrected chi connectivity index (χ1v) is 5.03. The van der Waals surface area contributed by atoms with Gasteiger partial charge in [0.2, 0.25) is 0 Å². The van der Waals surface area contributed by atoms with Crippen LogP contribution in [0.1, 0.15) is 5.56 Å². The van der Waals surface area contributed by atoms with E-state index >= 15 is 0 Å². The fraction of sp³-hybridized carbons (Fsp3) is 0.182. The van der Waals surface area contributed by atoms with Gasteiger partial charge in [0.15, 0.2) is 0 Å². The van der Waals surface area contributed by atoms with Crippen LogP contribution in [0.25, 0.3) is 10.9 Å². The lowest BCUT2D eigenvalue weighted by atomic mass is 10.1. The van der Waals surface area contributed by atoms with Crippen LogP contribution in [0.4, 0.5) is 4.39 Å². The first kappa shape index (κ1) is 11.0. The summed E-state index contributed by atoms with van der Waals surface area (Å²) in [6.45, 7) is 0. The van der Waals surface area contributed by atoms with E-state index in [9.17, 15) is 9.18 Å². The molecule has 0 spiro atoms. The van der Waals surface area contributed by atoms with Crippen LogP contribution in [0.15, 0.2) is 18.2 Å². The predicted molar refractivity (Wildman–Crippen MR) is 59.2 cm³/mol. The quantitative estimate of drug-likeness (QED) is 0.878. The van der Waals surface area contributed by atoms with Gasteiger partial charge in [-0.25, -0.2) is 4.39 Å². The molecule has 0 aliphatic carbocycles. The van der Waals surface area contributed by atoms with Gasteiger partial charge >= 0.3 is 5.97 Å². The van der Waals surface area contributed by atoms with Crippen LogP contribution in [-0.4, -0.2) is 15.6 Å². The second kappa shape index (κ2) is 3.79. The van der Waals surface area contributed by atoms with Crippen LogP contribution in [0, 0.1) is 5.82 Å². The number of hydrogen-bond donors (Lipinski definition) is 1. The van der Waals surface area contributed by atoms with Gasteiger partial charge in [0.05, 0.1) is 11.9 Å². The van der Waals surface area contributed by atoms with E-state index in [-0.39, 0.29) is 17.0 Å². The molecule has 0 atom stereocenters. The van der Waals surface area contributed by atoms with Crippen molar-refractivity contribution in [3.8, 4) is 0 Å². The SMILES string of the molecule is Cn1c(Cl)c(CC(=O)O)c2c(F)cccc21. The molecule has 0 amide bonds. The van der Waals surface area contributed by atoms with Gasteiger partial charge in [-0.1, -0.05) is 17.7 Å². The molecule has 0 unspecified atom stereocenters. The van der Waals surface area contributed by atoms with Crippen molar-refractivity contribution in [2.45, 2.75) is 6.42 Å². The molecule has 16 heavy (non-hydrogen) atoms. The third-order valence-corrected chi connectivity index (χ3v) is 3.01. The molecule has 0 aliphatic rings. The number of aromatic nitrogens is 1. The summed E-state index contributed by atoms with van der Waals surface area (Å²) in [4.78, 5) is 10.7. The first-order chi connectivity index (χ1) is 7.52. The molecular weight excluding hydrogens is 233 g/mol. The third kappa shape index (κ3) is 1.55. The number of halogens is 2. The summed E-state index contributed by atoms with van der Waals surface area (Å²) in [5.74, 6) is -1.48. The summed E-state index contributed by atoms with van der Waals surface area (Å²) in [6, 6.07) is 4.57. The Labute approximate surface area is 96.1 Å². The standard InChI is InChI=1S/C11H9ClFNO2/c1-14-8-4-2-3-7(13)10(8)6(11(14)12)5-9(15)16/h2-4H,5H2,1H3,(H,15,16). The second-order valence-electron chi connectivity index (χ2n) is 3.53. The van der Waals surface area contributed by atoms with Crippen molar-refractivity contribution in [2.24, 2.45) is 7.05 Å². The topological polar surface area (TPSA) is 42.2 Å². The molecule has 1 aromatic heterocycles. The largest absolute Gasteiger partial charge is 0.481 e. The minimum atomic E-state index is -1.03. The van der Waals surface area contributed by atoms with Crippen LogP contribution in [0.3, 0.4) is 0 Å². The Kier molecular flexibility index (Phi) is 2.59. The zero-order valence-corrected chi connectivity index (χ0v) is 9.25. The fourth-order valence-electron chi connectivity index (χ4n) is 1.81. The van der Waals surface area contributed by atoms with Crippen LogP contribution < -0.4 is 0 Å². The van der Waals surface area contributed by atoms with Gasteiger partial charge in [-0.3, -0.25) is 4.79 Å². The minimum Gasteiger partial charge on any atom is -0.481 e. The molecule has 1 heterocycles. The highest BCUT2D eigenvalue weighted by atomic mass is 35.5. The van der Waals surface area contributed by atoms with E-state index in [0.717, 1.165) is 0 Å². The van der Waals surface area contributed by atoms with Crippen LogP contribution in [-0.2, 0) is 18.3 Å². The van der Waals surface area contributed by atoms with E-state index in [1.807, 2.05) is 0 Å². The van der Waals surface area contributed by atoms with E-state index in [4.69, 9.17) is 16.7 Å². The van der Waals surface area contributed by atoms with Crippen molar-refractivity contribution >= 4 is 28.5 Å². The summed E-state index contributed by atoms with van der Waals surface area (Å²) in [5.41, 5.74) is 0.922. The van der Waals surface area contributed by atoms with E-state index in [2.05, 4.69) is 0 Å². The maximum atomic E-state index is 13.6. The van der Waals surface area contributed by atoms with Gasteiger partial charge < -0.3 is 9.67 Å². The van der Waals surface area contributed by atoms with Crippen molar-refractivity contribution in [2.75, 3.05) is 0 Å². The highest BCUT2D eigenvalue weighted by molar-refractivity contribution is 6.32. The first-order valence-electron chi connectivity index (χ1n) is 4.65. The van der Waals surface area contributed by atoms with Gasteiger partial charge in [-0.15, -0.1) is 0 Å². The average molecular weight is 242 g/mol. The number of benzene rings is 1. The maximum Gasteiger partial charge on any atom is 0.307 e. The lowest BCUT2D eigenvalue weighted by Crippen LogP contribution is -2.00. The van der Waals surface area contributed by atoms with E-state index in [1.54, 1.807) is 23.7 Å². The van der Waals surface area contributed by atoms with Crippen molar-refractivity contribution in [1.29, 1.82) is 0 Å². The normalized spacial score (nSPS) is 10.9. The number of fused-ring (bicyclic) bond motifs is 1. The number of aliphatic carboxylic acids is 1. The number of carbonyl (C=O) groups is 1. The number of rotatable bonds is 2. The van der Waals surface area contributed by atoms with Gasteiger partial charge in [0, 0.05) is 18.0 Å². The monoisotopic (exact) mass is 241 g/mol. The molecule has 2 rings (SSSR count). The second-order valence-corrected chi connectivity index (χ2v) is 3.89. The highest BCUT2D eigenvalue weighted by Crippen LogP contribution is 2.31. The fourth-order valence-corrected chi connectivity index (χ4v) is 2.07. The van der Waals surface area contributed by atoms with Crippen molar-refractivity contribution in [3.63, 3.8) is 0 Å². The van der Waals surface area contributed by atoms with Crippen molar-refractivity contribution in [3.05, 3.63) is 34.7 Å². The number of carboxylic acids is 1. The predicted octanol–water partition coefficient (Wildman–Crippen LogP) is 2.60. The summed E-state index contributed by atoms with van der Waals surface area (Å²) in [6.07, 6.45) is -0.281. The number of hydrogen-bond acceptors (Lipinski definition) is 1. The zero-order chi connectivity index (χ0) is 11.9. The molecule has 0 fully saturated rings. The molecule has 0 radical (unpaired) electrons. The Morgan fingerprint density at radius 3 is 2.88 bits per heavy atom. The van der Waals surface area contributed by atoms with Crippen LogP contribution in [0.5, 0.6) is 0 Å². The third-order valence-electron chi connectivity index (χ3n) is 2.53. The average Bonchev–Trinajstić information content (AvgIpc) is 2.45. The van der Waals surface area contributed by atoms with Crippen LogP contribution in [0.2, 0.25) is 5.15 Å². The molecular formula is C11H9ClFNO2. The van der Waals surface area contributed by atoms with Gasteiger partial charge in [0.25, 0.3) is 0 Å². The van der Waals surface area contributed by atoms with E-state index in [1.165, 1.54) is 6.07 Å². The molecule has 0 saturated heterocycles. The molecule has 3 nitrogen and oxygen atoms in total. The van der Waals surface area contributed by atoms with Gasteiger partial charge in [0.1, 0.15) is 11.0 Å². The summed E-state index contributed by atoms with van der Waals surface area (Å²) >= 11 is 5.99. The number of carboxylic acid groups (broad SMARTS) is 1. The Balaban J connectivity index is 2.80. The van der Waals surface area contributed by atoms with E-state index < -0.39 is 11.8 Å². The maximum absolute atomic E-state index is 13.6. The van der Waals surface area contributed by atoms with Crippen molar-refractivity contribution < 1.29 is 14.3 Å². The Bertz CT molecular complexity index is 577. The summed E-state index contributed by atoms with van der Waals surface area (Å²) < 4.78 is 15.2. The minimum absolute atomic E-state index is 0.266. The number of aryl methyl sites for hydroxylation is 1. The summed E-state index contributed by atoms with van der Waals surface area (Å²) in [7, 11) is 1.68. The Hall–Kier alpha value is -1.55. The molecule has 0 aliphatic heterocycles. The van der Waals surface area contributed by atoms with Crippen LogP contribution >= 0.6 is 11.6 Å². The lowest BCUT2D eigenvalue weighted by molar-refractivity contribution is -0.136. The molecule has 1 N–H and O–H groups in total. The van der Waals surface area contributed by atoms with E-state index in [0.29, 0.717) is 11.1 Å². The number of nitrogens with zero attached hydrogens (tertiary/aromatic N) is 1. The highest BCUT2D eigenvalue weighted by Gasteiger charge is 2.18. The molecule has 2 aromatic rings. The van der Waals surface area contributed by atoms with Crippen molar-refractivity contribution in [1.82, 2.24) is 4.57 Å². The molecule has 5 heteroatoms. The Morgan fingerprint density at radius 2 is 2.25 bits per heavy atom. The smallest absolute Gasteiger partial charge is 0.307 e. The summed E-state index contributed by atoms with van der Waals surface area (Å²) in [5, 5.41) is 9.32. The lowest BCUT2D eigenvalue weighted by Gasteiger charge is -1.96. The zero-order valence-electron chi connectivity index (χ0n) is 8.50. The Morgan fingerprint density at radius 1 is 1.56 bits per heavy atom. The van der Waals surface area contributed by atoms with Gasteiger partial charge in [-0.2, -0.15) is 0 Å². The molecule has 1 aromatic carbocycles. The molecule has 84 valence electrons. The van der Waals surface area contributed by atoms with Gasteiger partial charge in [-0.05, 0) is 12.1 Å². The molecule has 0 bridgehead atoms.